The highest BCUT2D eigenvalue weighted by Crippen LogP contribution is 2.13. The molecule has 1 heterocycles. The van der Waals surface area contributed by atoms with Gasteiger partial charge in [-0.1, -0.05) is 54.6 Å². The van der Waals surface area contributed by atoms with E-state index in [4.69, 9.17) is 11.1 Å². The first-order chi connectivity index (χ1) is 15.9. The van der Waals surface area contributed by atoms with E-state index in [0.29, 0.717) is 12.1 Å². The van der Waals surface area contributed by atoms with Gasteiger partial charge in [0.2, 0.25) is 11.8 Å². The number of nitrogens with two attached hydrogens (primary N) is 1. The maximum atomic E-state index is 12.3. The second-order valence-corrected chi connectivity index (χ2v) is 8.53. The highest BCUT2D eigenvalue weighted by atomic mass is 35.5. The Kier molecular flexibility index (Phi) is 11.0. The van der Waals surface area contributed by atoms with Gasteiger partial charge in [0.05, 0.1) is 12.6 Å². The fraction of sp³-hybridized carbons (Fsp3) is 0.400. The lowest BCUT2D eigenvalue weighted by Crippen LogP contribution is -2.49. The molecule has 1 aliphatic heterocycles. The number of nitrogens with one attached hydrogen (secondary N) is 4. The Morgan fingerprint density at radius 1 is 1.06 bits per heavy atom. The van der Waals surface area contributed by atoms with E-state index < -0.39 is 6.04 Å². The summed E-state index contributed by atoms with van der Waals surface area (Å²) < 4.78 is 0. The number of halogens is 1. The minimum absolute atomic E-state index is 0. The van der Waals surface area contributed by atoms with Gasteiger partial charge >= 0.3 is 0 Å². The zero-order valence-electron chi connectivity index (χ0n) is 19.5. The van der Waals surface area contributed by atoms with Crippen LogP contribution >= 0.6 is 12.4 Å². The molecule has 0 saturated carbocycles. The average molecular weight is 487 g/mol. The van der Waals surface area contributed by atoms with Crippen molar-refractivity contribution in [3.63, 3.8) is 0 Å². The molecule has 0 aromatic heterocycles. The van der Waals surface area contributed by atoms with Crippen molar-refractivity contribution < 1.29 is 9.59 Å². The number of amides is 2. The van der Waals surface area contributed by atoms with Crippen molar-refractivity contribution in [3.05, 3.63) is 71.3 Å². The summed E-state index contributed by atoms with van der Waals surface area (Å²) in [6.07, 6.45) is 1.82. The number of carbonyl (C=O) groups is 2. The van der Waals surface area contributed by atoms with Crippen LogP contribution in [-0.4, -0.2) is 54.3 Å². The topological polar surface area (TPSA) is 123 Å². The largest absolute Gasteiger partial charge is 0.384 e. The van der Waals surface area contributed by atoms with Crippen molar-refractivity contribution in [2.24, 2.45) is 5.73 Å². The highest BCUT2D eigenvalue weighted by Gasteiger charge is 2.21. The maximum absolute atomic E-state index is 12.3. The molecule has 6 N–H and O–H groups in total. The number of likely N-dealkylation sites (tertiary alicyclic amines) is 1. The van der Waals surface area contributed by atoms with Crippen molar-refractivity contribution in [3.8, 4) is 0 Å². The second-order valence-electron chi connectivity index (χ2n) is 8.53. The van der Waals surface area contributed by atoms with Gasteiger partial charge < -0.3 is 21.7 Å². The number of benzene rings is 2. The Morgan fingerprint density at radius 3 is 2.32 bits per heavy atom. The van der Waals surface area contributed by atoms with Gasteiger partial charge in [0.15, 0.2) is 0 Å². The van der Waals surface area contributed by atoms with E-state index >= 15 is 0 Å². The molecule has 0 bridgehead atoms. The normalized spacial score (nSPS) is 15.1. The number of carbonyl (C=O) groups excluding carboxylic acids is 2. The molecule has 2 amide bonds. The number of amidine groups is 1. The number of hydrogen-bond donors (Lipinski definition) is 5. The first kappa shape index (κ1) is 27.3. The van der Waals surface area contributed by atoms with Crippen LogP contribution in [0.5, 0.6) is 0 Å². The van der Waals surface area contributed by atoms with Gasteiger partial charge in [0, 0.05) is 37.8 Å². The number of nitrogen functional groups attached to an aromatic ring is 1. The van der Waals surface area contributed by atoms with Crippen LogP contribution in [0.3, 0.4) is 0 Å². The van der Waals surface area contributed by atoms with Crippen molar-refractivity contribution in [2.45, 2.75) is 44.9 Å². The quantitative estimate of drug-likeness (QED) is 0.258. The van der Waals surface area contributed by atoms with Crippen LogP contribution in [0.15, 0.2) is 54.6 Å². The maximum Gasteiger partial charge on any atom is 0.239 e. The molecule has 1 fully saturated rings. The van der Waals surface area contributed by atoms with E-state index in [-0.39, 0.29) is 42.6 Å². The molecule has 1 atom stereocenters. The molecule has 184 valence electrons. The van der Waals surface area contributed by atoms with Crippen LogP contribution in [0.1, 0.15) is 36.5 Å². The minimum atomic E-state index is -0.438. The summed E-state index contributed by atoms with van der Waals surface area (Å²) in [4.78, 5) is 27.0. The Labute approximate surface area is 207 Å². The Hall–Kier alpha value is -2.94. The monoisotopic (exact) mass is 486 g/mol. The summed E-state index contributed by atoms with van der Waals surface area (Å²) in [7, 11) is 0. The predicted molar refractivity (Wildman–Crippen MR) is 137 cm³/mol. The number of rotatable bonds is 10. The van der Waals surface area contributed by atoms with Crippen LogP contribution in [0.2, 0.25) is 0 Å². The van der Waals surface area contributed by atoms with Gasteiger partial charge in [-0.3, -0.25) is 19.9 Å². The highest BCUT2D eigenvalue weighted by molar-refractivity contribution is 5.94. The molecule has 8 nitrogen and oxygen atoms in total. The first-order valence-corrected chi connectivity index (χ1v) is 11.4. The Morgan fingerprint density at radius 2 is 1.71 bits per heavy atom. The lowest BCUT2D eigenvalue weighted by molar-refractivity contribution is -0.127. The summed E-state index contributed by atoms with van der Waals surface area (Å²) in [5.74, 6) is -0.349. The third-order valence-electron chi connectivity index (χ3n) is 5.90. The molecule has 9 heteroatoms. The first-order valence-electron chi connectivity index (χ1n) is 11.4. The standard InChI is InChI=1S/C25H34N6O2.ClH/c1-18(28-15-19-7-9-21(10-8-19)24(26)27)25(33)29-16-23(32)30-22-11-13-31(14-12-22)17-20-5-3-2-4-6-20;/h2-10,18,22,28H,11-17H2,1H3,(H3,26,27)(H,29,33)(H,30,32);1H. The SMILES string of the molecule is CC(NCc1ccc(C(=N)N)cc1)C(=O)NCC(=O)NC1CCN(Cc2ccccc2)CC1.Cl. The van der Waals surface area contributed by atoms with Gasteiger partial charge in [0.1, 0.15) is 5.84 Å². The van der Waals surface area contributed by atoms with E-state index in [0.717, 1.165) is 38.0 Å². The fourth-order valence-electron chi connectivity index (χ4n) is 3.84. The van der Waals surface area contributed by atoms with Crippen molar-refractivity contribution in [1.29, 1.82) is 5.41 Å². The third kappa shape index (κ3) is 8.78. The lowest BCUT2D eigenvalue weighted by atomic mass is 10.0. The summed E-state index contributed by atoms with van der Waals surface area (Å²) in [5, 5.41) is 16.3. The van der Waals surface area contributed by atoms with E-state index in [9.17, 15) is 9.59 Å². The van der Waals surface area contributed by atoms with E-state index in [1.165, 1.54) is 5.56 Å². The van der Waals surface area contributed by atoms with E-state index in [1.54, 1.807) is 19.1 Å². The number of hydrogen-bond acceptors (Lipinski definition) is 5. The molecule has 1 aliphatic rings. The van der Waals surface area contributed by atoms with Crippen molar-refractivity contribution >= 4 is 30.1 Å². The number of piperidine rings is 1. The molecular weight excluding hydrogens is 452 g/mol. The van der Waals surface area contributed by atoms with Gasteiger partial charge in [0.25, 0.3) is 0 Å². The molecule has 1 saturated heterocycles. The van der Waals surface area contributed by atoms with Gasteiger partial charge in [-0.25, -0.2) is 0 Å². The van der Waals surface area contributed by atoms with Crippen LogP contribution in [0, 0.1) is 5.41 Å². The summed E-state index contributed by atoms with van der Waals surface area (Å²) in [5.41, 5.74) is 8.41. The van der Waals surface area contributed by atoms with E-state index in [1.807, 2.05) is 18.2 Å². The molecule has 1 unspecified atom stereocenters. The van der Waals surface area contributed by atoms with Gasteiger partial charge in [-0.05, 0) is 30.9 Å². The zero-order valence-corrected chi connectivity index (χ0v) is 20.4. The summed E-state index contributed by atoms with van der Waals surface area (Å²) in [6, 6.07) is 17.4. The second kappa shape index (κ2) is 13.7. The molecule has 0 aliphatic carbocycles. The molecule has 0 spiro atoms. The fourth-order valence-corrected chi connectivity index (χ4v) is 3.84. The van der Waals surface area contributed by atoms with Gasteiger partial charge in [-0.15, -0.1) is 12.4 Å². The Bertz CT molecular complexity index is 930. The van der Waals surface area contributed by atoms with E-state index in [2.05, 4.69) is 45.1 Å². The third-order valence-corrected chi connectivity index (χ3v) is 5.90. The zero-order chi connectivity index (χ0) is 23.6. The van der Waals surface area contributed by atoms with Gasteiger partial charge in [-0.2, -0.15) is 0 Å². The van der Waals surface area contributed by atoms with Crippen LogP contribution in [0.25, 0.3) is 0 Å². The van der Waals surface area contributed by atoms with Crippen LogP contribution in [0.4, 0.5) is 0 Å². The summed E-state index contributed by atoms with van der Waals surface area (Å²) >= 11 is 0. The lowest BCUT2D eigenvalue weighted by Gasteiger charge is -2.32. The average Bonchev–Trinajstić information content (AvgIpc) is 2.83. The molecular formula is C25H35ClN6O2. The summed E-state index contributed by atoms with van der Waals surface area (Å²) in [6.45, 7) is 5.06. The molecule has 2 aromatic carbocycles. The molecule has 3 rings (SSSR count). The number of nitrogens with zero attached hydrogens (tertiary/aromatic N) is 1. The molecule has 34 heavy (non-hydrogen) atoms. The predicted octanol–water partition coefficient (Wildman–Crippen LogP) is 1.77. The molecule has 2 aromatic rings. The van der Waals surface area contributed by atoms with Crippen LogP contribution in [-0.2, 0) is 22.7 Å². The van der Waals surface area contributed by atoms with Crippen LogP contribution < -0.4 is 21.7 Å². The minimum Gasteiger partial charge on any atom is -0.384 e. The Balaban J connectivity index is 0.00000408. The smallest absolute Gasteiger partial charge is 0.239 e. The van der Waals surface area contributed by atoms with Crippen molar-refractivity contribution in [1.82, 2.24) is 20.9 Å². The van der Waals surface area contributed by atoms with Crippen molar-refractivity contribution in [2.75, 3.05) is 19.6 Å². The molecule has 0 radical (unpaired) electrons.